The van der Waals surface area contributed by atoms with Crippen molar-refractivity contribution >= 4 is 16.6 Å². The lowest BCUT2D eigenvalue weighted by atomic mass is 9.63. The molecule has 0 bridgehead atoms. The minimum absolute atomic E-state index is 0.0376. The van der Waals surface area contributed by atoms with Crippen LogP contribution in [-0.2, 0) is 8.85 Å². The molecule has 2 saturated carbocycles. The summed E-state index contributed by atoms with van der Waals surface area (Å²) in [5, 5.41) is 0. The highest BCUT2D eigenvalue weighted by Crippen LogP contribution is 2.53. The summed E-state index contributed by atoms with van der Waals surface area (Å²) in [5.74, 6) is 1.52. The number of rotatable bonds is 5. The first-order valence-corrected chi connectivity index (χ1v) is 17.1. The Hall–Kier alpha value is 0.354. The van der Waals surface area contributed by atoms with E-state index in [9.17, 15) is 0 Å². The third-order valence-corrected chi connectivity index (χ3v) is 7.75. The van der Waals surface area contributed by atoms with E-state index in [1.165, 1.54) is 51.4 Å². The van der Waals surface area contributed by atoms with Gasteiger partial charge in [-0.1, -0.05) is 39.5 Å². The molecule has 0 saturated heterocycles. The predicted molar refractivity (Wildman–Crippen MR) is 110 cm³/mol. The molecule has 0 aliphatic heterocycles. The third-order valence-electron chi connectivity index (χ3n) is 5.74. The standard InChI is InChI=1S/C20H42O2Si2/c1-17-11-9-13-19(15-17,21-23(3,4)5)20(22-24(6,7)8)14-10-12-18(2)16-20/h17-18H,9-16H2,1-8H3. The van der Waals surface area contributed by atoms with E-state index in [-0.39, 0.29) is 11.2 Å². The van der Waals surface area contributed by atoms with Crippen LogP contribution in [0.3, 0.4) is 0 Å². The van der Waals surface area contributed by atoms with E-state index in [0.29, 0.717) is 0 Å². The molecule has 0 aromatic rings. The van der Waals surface area contributed by atoms with Gasteiger partial charge in [0.05, 0.1) is 11.2 Å². The first-order valence-electron chi connectivity index (χ1n) is 10.3. The van der Waals surface area contributed by atoms with Crippen LogP contribution >= 0.6 is 0 Å². The summed E-state index contributed by atoms with van der Waals surface area (Å²) in [6, 6.07) is 0. The highest BCUT2D eigenvalue weighted by Gasteiger charge is 2.58. The van der Waals surface area contributed by atoms with Crippen molar-refractivity contribution in [3.8, 4) is 0 Å². The minimum atomic E-state index is -1.64. The van der Waals surface area contributed by atoms with E-state index in [4.69, 9.17) is 8.85 Å². The summed E-state index contributed by atoms with van der Waals surface area (Å²) in [6.07, 6.45) is 10.1. The maximum Gasteiger partial charge on any atom is 0.184 e. The Balaban J connectivity index is 2.47. The Morgan fingerprint density at radius 2 is 1.00 bits per heavy atom. The molecule has 0 aromatic carbocycles. The summed E-state index contributed by atoms with van der Waals surface area (Å²) >= 11 is 0. The van der Waals surface area contributed by atoms with Crippen molar-refractivity contribution in [1.82, 2.24) is 0 Å². The molecule has 0 spiro atoms. The molecule has 2 aliphatic carbocycles. The maximum atomic E-state index is 7.11. The van der Waals surface area contributed by atoms with E-state index >= 15 is 0 Å². The molecule has 4 heteroatoms. The molecule has 24 heavy (non-hydrogen) atoms. The van der Waals surface area contributed by atoms with Gasteiger partial charge >= 0.3 is 0 Å². The van der Waals surface area contributed by atoms with Crippen LogP contribution in [-0.4, -0.2) is 27.8 Å². The van der Waals surface area contributed by atoms with Crippen molar-refractivity contribution < 1.29 is 8.85 Å². The number of hydrogen-bond donors (Lipinski definition) is 0. The SMILES string of the molecule is CC1CCCC(O[Si](C)(C)C)(C2(O[Si](C)(C)C)CCCC(C)C2)C1. The molecule has 4 unspecified atom stereocenters. The summed E-state index contributed by atoms with van der Waals surface area (Å²) in [6.45, 7) is 19.0. The van der Waals surface area contributed by atoms with Crippen molar-refractivity contribution in [2.75, 3.05) is 0 Å². The van der Waals surface area contributed by atoms with Gasteiger partial charge in [0.2, 0.25) is 0 Å². The predicted octanol–water partition coefficient (Wildman–Crippen LogP) is 6.59. The molecule has 0 amide bonds. The second-order valence-corrected chi connectivity index (χ2v) is 19.7. The molecule has 4 atom stereocenters. The van der Waals surface area contributed by atoms with Crippen LogP contribution in [0.25, 0.3) is 0 Å². The van der Waals surface area contributed by atoms with Crippen LogP contribution in [0.4, 0.5) is 0 Å². The Morgan fingerprint density at radius 1 is 0.667 bits per heavy atom. The van der Waals surface area contributed by atoms with Crippen LogP contribution in [0.2, 0.25) is 39.3 Å². The van der Waals surface area contributed by atoms with E-state index in [1.807, 2.05) is 0 Å². The second-order valence-electron chi connectivity index (χ2n) is 10.8. The second kappa shape index (κ2) is 7.17. The van der Waals surface area contributed by atoms with Crippen molar-refractivity contribution in [3.63, 3.8) is 0 Å². The fourth-order valence-electron chi connectivity index (χ4n) is 5.38. The van der Waals surface area contributed by atoms with E-state index < -0.39 is 16.6 Å². The van der Waals surface area contributed by atoms with E-state index in [1.54, 1.807) is 0 Å². The average Bonchev–Trinajstić information content (AvgIpc) is 2.34. The Labute approximate surface area is 153 Å². The summed E-state index contributed by atoms with van der Waals surface area (Å²) < 4.78 is 14.2. The van der Waals surface area contributed by atoms with Crippen LogP contribution in [0, 0.1) is 11.8 Å². The molecule has 2 aliphatic rings. The molecule has 2 fully saturated rings. The lowest BCUT2D eigenvalue weighted by Gasteiger charge is -2.59. The quantitative estimate of drug-likeness (QED) is 0.508. The van der Waals surface area contributed by atoms with E-state index in [0.717, 1.165) is 11.8 Å². The lowest BCUT2D eigenvalue weighted by molar-refractivity contribution is -0.174. The van der Waals surface area contributed by atoms with Gasteiger partial charge in [0.1, 0.15) is 0 Å². The van der Waals surface area contributed by atoms with Gasteiger partial charge in [0.25, 0.3) is 0 Å². The third kappa shape index (κ3) is 4.96. The van der Waals surface area contributed by atoms with Crippen molar-refractivity contribution in [1.29, 1.82) is 0 Å². The van der Waals surface area contributed by atoms with Gasteiger partial charge in [-0.2, -0.15) is 0 Å². The largest absolute Gasteiger partial charge is 0.409 e. The molecular weight excluding hydrogens is 328 g/mol. The zero-order valence-electron chi connectivity index (χ0n) is 17.6. The molecule has 142 valence electrons. The molecule has 0 radical (unpaired) electrons. The summed E-state index contributed by atoms with van der Waals surface area (Å²) in [4.78, 5) is 0. The zero-order chi connectivity index (χ0) is 18.2. The summed E-state index contributed by atoms with van der Waals surface area (Å²) in [5.41, 5.74) is -0.0752. The highest BCUT2D eigenvalue weighted by atomic mass is 28.4. The monoisotopic (exact) mass is 370 g/mol. The zero-order valence-corrected chi connectivity index (χ0v) is 19.6. The van der Waals surface area contributed by atoms with Crippen molar-refractivity contribution in [3.05, 3.63) is 0 Å². The molecule has 0 aromatic heterocycles. The van der Waals surface area contributed by atoms with Crippen LogP contribution in [0.5, 0.6) is 0 Å². The Kier molecular flexibility index (Phi) is 6.17. The van der Waals surface area contributed by atoms with Crippen LogP contribution < -0.4 is 0 Å². The van der Waals surface area contributed by atoms with Gasteiger partial charge in [0.15, 0.2) is 16.6 Å². The van der Waals surface area contributed by atoms with E-state index in [2.05, 4.69) is 53.1 Å². The molecule has 2 nitrogen and oxygen atoms in total. The van der Waals surface area contributed by atoms with Gasteiger partial charge in [-0.15, -0.1) is 0 Å². The van der Waals surface area contributed by atoms with Gasteiger partial charge in [0, 0.05) is 0 Å². The Bertz CT molecular complexity index is 386. The highest BCUT2D eigenvalue weighted by molar-refractivity contribution is 6.70. The average molecular weight is 371 g/mol. The smallest absolute Gasteiger partial charge is 0.184 e. The lowest BCUT2D eigenvalue weighted by Crippen LogP contribution is -2.66. The van der Waals surface area contributed by atoms with Crippen molar-refractivity contribution in [2.24, 2.45) is 11.8 Å². The van der Waals surface area contributed by atoms with Gasteiger partial charge in [-0.25, -0.2) is 0 Å². The van der Waals surface area contributed by atoms with Crippen molar-refractivity contribution in [2.45, 2.75) is 116 Å². The minimum Gasteiger partial charge on any atom is -0.409 e. The summed E-state index contributed by atoms with van der Waals surface area (Å²) in [7, 11) is -3.28. The molecule has 0 N–H and O–H groups in total. The van der Waals surface area contributed by atoms with Gasteiger partial charge in [-0.3, -0.25) is 0 Å². The fraction of sp³-hybridized carbons (Fsp3) is 1.00. The van der Waals surface area contributed by atoms with Gasteiger partial charge in [-0.05, 0) is 76.8 Å². The maximum absolute atomic E-state index is 7.11. The first kappa shape index (κ1) is 20.7. The Morgan fingerprint density at radius 3 is 1.25 bits per heavy atom. The first-order chi connectivity index (χ1) is 10.9. The normalized spacial score (nSPS) is 39.0. The topological polar surface area (TPSA) is 18.5 Å². The van der Waals surface area contributed by atoms with Gasteiger partial charge < -0.3 is 8.85 Å². The number of hydrogen-bond acceptors (Lipinski definition) is 2. The van der Waals surface area contributed by atoms with Crippen LogP contribution in [0.15, 0.2) is 0 Å². The molecule has 0 heterocycles. The molecular formula is C20H42O2Si2. The fourth-order valence-corrected chi connectivity index (χ4v) is 8.46. The molecule has 2 rings (SSSR count). The van der Waals surface area contributed by atoms with Crippen LogP contribution in [0.1, 0.15) is 65.2 Å².